The summed E-state index contributed by atoms with van der Waals surface area (Å²) >= 11 is 0. The number of piperidine rings is 1. The number of hydrogen-bond acceptors (Lipinski definition) is 4. The van der Waals surface area contributed by atoms with Crippen LogP contribution in [0.4, 0.5) is 0 Å². The van der Waals surface area contributed by atoms with E-state index in [1.54, 1.807) is 24.0 Å². The Kier molecular flexibility index (Phi) is 4.76. The average Bonchev–Trinajstić information content (AvgIpc) is 2.44. The Morgan fingerprint density at radius 3 is 2.79 bits per heavy atom. The SMILES string of the molecule is COCC(CN1CC(=O)N2CCCCC2C1=O)OC. The monoisotopic (exact) mass is 270 g/mol. The number of carbonyl (C=O) groups is 2. The third-order valence-corrected chi connectivity index (χ3v) is 3.86. The predicted octanol–water partition coefficient (Wildman–Crippen LogP) is -0.129. The Balaban J connectivity index is 2.01. The third-order valence-electron chi connectivity index (χ3n) is 3.86. The summed E-state index contributed by atoms with van der Waals surface area (Å²) in [6.07, 6.45) is 2.61. The van der Waals surface area contributed by atoms with Crippen LogP contribution in [0.2, 0.25) is 0 Å². The number of rotatable bonds is 5. The summed E-state index contributed by atoms with van der Waals surface area (Å²) in [5.74, 6) is 0.106. The quantitative estimate of drug-likeness (QED) is 0.698. The standard InChI is InChI=1S/C13H22N2O4/c1-18-9-10(19-2)7-14-8-12(16)15-6-4-3-5-11(15)13(14)17/h10-11H,3-9H2,1-2H3. The van der Waals surface area contributed by atoms with Gasteiger partial charge < -0.3 is 19.3 Å². The van der Waals surface area contributed by atoms with Gasteiger partial charge in [0.2, 0.25) is 11.8 Å². The van der Waals surface area contributed by atoms with Gasteiger partial charge in [-0.25, -0.2) is 0 Å². The van der Waals surface area contributed by atoms with E-state index in [0.717, 1.165) is 25.8 Å². The van der Waals surface area contributed by atoms with Crippen LogP contribution in [0.25, 0.3) is 0 Å². The lowest BCUT2D eigenvalue weighted by molar-refractivity contribution is -0.159. The highest BCUT2D eigenvalue weighted by Gasteiger charge is 2.40. The van der Waals surface area contributed by atoms with Crippen molar-refractivity contribution in [1.29, 1.82) is 0 Å². The minimum absolute atomic E-state index is 0.0524. The molecule has 0 radical (unpaired) electrons. The first-order valence-corrected chi connectivity index (χ1v) is 6.77. The van der Waals surface area contributed by atoms with Gasteiger partial charge in [0.15, 0.2) is 0 Å². The second kappa shape index (κ2) is 6.34. The van der Waals surface area contributed by atoms with Crippen LogP contribution >= 0.6 is 0 Å². The van der Waals surface area contributed by atoms with Crippen molar-refractivity contribution in [3.05, 3.63) is 0 Å². The molecule has 2 atom stereocenters. The molecule has 2 fully saturated rings. The summed E-state index contributed by atoms with van der Waals surface area (Å²) in [7, 11) is 3.19. The van der Waals surface area contributed by atoms with Gasteiger partial charge in [-0.15, -0.1) is 0 Å². The van der Waals surface area contributed by atoms with Crippen LogP contribution in [0, 0.1) is 0 Å². The molecule has 2 aliphatic heterocycles. The molecule has 19 heavy (non-hydrogen) atoms. The molecule has 108 valence electrons. The fourth-order valence-corrected chi connectivity index (χ4v) is 2.81. The molecule has 0 saturated carbocycles. The third kappa shape index (κ3) is 3.06. The van der Waals surface area contributed by atoms with Crippen molar-refractivity contribution in [3.63, 3.8) is 0 Å². The minimum Gasteiger partial charge on any atom is -0.382 e. The van der Waals surface area contributed by atoms with Gasteiger partial charge >= 0.3 is 0 Å². The second-order valence-electron chi connectivity index (χ2n) is 5.13. The maximum atomic E-state index is 12.4. The molecule has 2 unspecified atom stereocenters. The first-order valence-electron chi connectivity index (χ1n) is 6.77. The molecule has 2 amide bonds. The highest BCUT2D eigenvalue weighted by atomic mass is 16.5. The van der Waals surface area contributed by atoms with Crippen LogP contribution in [0.1, 0.15) is 19.3 Å². The summed E-state index contributed by atoms with van der Waals surface area (Å²) in [5.41, 5.74) is 0. The number of amides is 2. The molecule has 0 N–H and O–H groups in total. The lowest BCUT2D eigenvalue weighted by Crippen LogP contribution is -2.62. The van der Waals surface area contributed by atoms with E-state index in [1.165, 1.54) is 0 Å². The van der Waals surface area contributed by atoms with Gasteiger partial charge in [0, 0.05) is 27.3 Å². The highest BCUT2D eigenvalue weighted by molar-refractivity contribution is 5.95. The summed E-state index contributed by atoms with van der Waals surface area (Å²) in [6, 6.07) is -0.255. The van der Waals surface area contributed by atoms with Crippen LogP contribution in [0.5, 0.6) is 0 Å². The number of nitrogens with zero attached hydrogens (tertiary/aromatic N) is 2. The van der Waals surface area contributed by atoms with Gasteiger partial charge in [-0.2, -0.15) is 0 Å². The van der Waals surface area contributed by atoms with Crippen molar-refractivity contribution in [2.75, 3.05) is 40.5 Å². The first kappa shape index (κ1) is 14.3. The second-order valence-corrected chi connectivity index (χ2v) is 5.13. The first-order chi connectivity index (χ1) is 9.17. The zero-order chi connectivity index (χ0) is 13.8. The number of fused-ring (bicyclic) bond motifs is 1. The van der Waals surface area contributed by atoms with E-state index in [4.69, 9.17) is 9.47 Å². The Morgan fingerprint density at radius 2 is 2.11 bits per heavy atom. The van der Waals surface area contributed by atoms with Gasteiger partial charge in [-0.1, -0.05) is 0 Å². The zero-order valence-corrected chi connectivity index (χ0v) is 11.6. The molecule has 2 saturated heterocycles. The smallest absolute Gasteiger partial charge is 0.245 e. The summed E-state index contributed by atoms with van der Waals surface area (Å²) < 4.78 is 10.3. The van der Waals surface area contributed by atoms with E-state index in [0.29, 0.717) is 13.2 Å². The Morgan fingerprint density at radius 1 is 1.32 bits per heavy atom. The number of ether oxygens (including phenoxy) is 2. The van der Waals surface area contributed by atoms with Gasteiger partial charge in [-0.3, -0.25) is 9.59 Å². The number of methoxy groups -OCH3 is 2. The molecule has 0 bridgehead atoms. The summed E-state index contributed by atoms with van der Waals surface area (Å²) in [4.78, 5) is 27.8. The molecule has 0 spiro atoms. The maximum Gasteiger partial charge on any atom is 0.245 e. The molecular weight excluding hydrogens is 248 g/mol. The zero-order valence-electron chi connectivity index (χ0n) is 11.6. The van der Waals surface area contributed by atoms with Crippen LogP contribution in [0.3, 0.4) is 0 Å². The van der Waals surface area contributed by atoms with E-state index < -0.39 is 0 Å². The number of hydrogen-bond donors (Lipinski definition) is 0. The molecule has 0 aromatic heterocycles. The summed E-state index contributed by atoms with van der Waals surface area (Å²) in [5, 5.41) is 0. The van der Waals surface area contributed by atoms with E-state index in [-0.39, 0.29) is 30.5 Å². The number of carbonyl (C=O) groups excluding carboxylic acids is 2. The lowest BCUT2D eigenvalue weighted by Gasteiger charge is -2.43. The van der Waals surface area contributed by atoms with E-state index >= 15 is 0 Å². The van der Waals surface area contributed by atoms with Crippen LogP contribution < -0.4 is 0 Å². The highest BCUT2D eigenvalue weighted by Crippen LogP contribution is 2.23. The Hall–Kier alpha value is -1.14. The molecule has 6 heteroatoms. The maximum absolute atomic E-state index is 12.4. The van der Waals surface area contributed by atoms with Crippen molar-refractivity contribution >= 4 is 11.8 Å². The van der Waals surface area contributed by atoms with E-state index in [1.807, 2.05) is 0 Å². The van der Waals surface area contributed by atoms with E-state index in [9.17, 15) is 9.59 Å². The van der Waals surface area contributed by atoms with Crippen LogP contribution in [-0.4, -0.2) is 74.2 Å². The molecule has 2 heterocycles. The van der Waals surface area contributed by atoms with Gasteiger partial charge in [0.05, 0.1) is 19.3 Å². The predicted molar refractivity (Wildman–Crippen MR) is 68.6 cm³/mol. The summed E-state index contributed by atoms with van der Waals surface area (Å²) in [6.45, 7) is 1.72. The van der Waals surface area contributed by atoms with Gasteiger partial charge in [0.25, 0.3) is 0 Å². The molecular formula is C13H22N2O4. The van der Waals surface area contributed by atoms with E-state index in [2.05, 4.69) is 0 Å². The molecule has 6 nitrogen and oxygen atoms in total. The van der Waals surface area contributed by atoms with Crippen molar-refractivity contribution in [3.8, 4) is 0 Å². The molecule has 2 rings (SSSR count). The van der Waals surface area contributed by atoms with Crippen molar-refractivity contribution in [2.45, 2.75) is 31.4 Å². The van der Waals surface area contributed by atoms with Gasteiger partial charge in [0.1, 0.15) is 6.04 Å². The normalized spacial score (nSPS) is 25.5. The number of piperazine rings is 1. The molecule has 0 aromatic carbocycles. The topological polar surface area (TPSA) is 59.1 Å². The minimum atomic E-state index is -0.255. The Labute approximate surface area is 113 Å². The van der Waals surface area contributed by atoms with Crippen LogP contribution in [0.15, 0.2) is 0 Å². The van der Waals surface area contributed by atoms with Crippen LogP contribution in [-0.2, 0) is 19.1 Å². The lowest BCUT2D eigenvalue weighted by atomic mass is 9.98. The fourth-order valence-electron chi connectivity index (χ4n) is 2.81. The Bertz CT molecular complexity index is 348. The molecule has 0 aliphatic carbocycles. The molecule has 2 aliphatic rings. The molecule has 0 aromatic rings. The van der Waals surface area contributed by atoms with Crippen molar-refractivity contribution in [1.82, 2.24) is 9.80 Å². The fraction of sp³-hybridized carbons (Fsp3) is 0.846. The average molecular weight is 270 g/mol. The van der Waals surface area contributed by atoms with Crippen molar-refractivity contribution in [2.24, 2.45) is 0 Å². The van der Waals surface area contributed by atoms with Gasteiger partial charge in [-0.05, 0) is 19.3 Å². The largest absolute Gasteiger partial charge is 0.382 e. The van der Waals surface area contributed by atoms with Crippen molar-refractivity contribution < 1.29 is 19.1 Å².